The van der Waals surface area contributed by atoms with Crippen molar-refractivity contribution in [3.63, 3.8) is 0 Å². The fourth-order valence-corrected chi connectivity index (χ4v) is 2.74. The van der Waals surface area contributed by atoms with E-state index in [1.54, 1.807) is 10.9 Å². The van der Waals surface area contributed by atoms with Crippen molar-refractivity contribution in [1.29, 1.82) is 0 Å². The molecule has 8 nitrogen and oxygen atoms in total. The molecule has 8 heteroatoms. The molecule has 3 aromatic rings. The number of esters is 1. The molecule has 1 aromatic heterocycles. The van der Waals surface area contributed by atoms with Gasteiger partial charge in [0.2, 0.25) is 0 Å². The first-order valence-electron chi connectivity index (χ1n) is 9.55. The normalized spacial score (nSPS) is 10.2. The van der Waals surface area contributed by atoms with Crippen molar-refractivity contribution in [2.24, 2.45) is 0 Å². The summed E-state index contributed by atoms with van der Waals surface area (Å²) >= 11 is 0. The van der Waals surface area contributed by atoms with Crippen molar-refractivity contribution in [1.82, 2.24) is 20.4 Å². The van der Waals surface area contributed by atoms with E-state index in [2.05, 4.69) is 22.3 Å². The zero-order valence-electron chi connectivity index (χ0n) is 17.0. The van der Waals surface area contributed by atoms with Crippen molar-refractivity contribution in [3.05, 3.63) is 84.6 Å². The smallest absolute Gasteiger partial charge is 0.342 e. The maximum atomic E-state index is 12.7. The summed E-state index contributed by atoms with van der Waals surface area (Å²) in [6, 6.07) is 16.2. The topological polar surface area (TPSA) is 102 Å². The third-order valence-electron chi connectivity index (χ3n) is 4.27. The number of ether oxygens (including phenoxy) is 1. The number of nitrogens with one attached hydrogen (secondary N) is 2. The van der Waals surface area contributed by atoms with Gasteiger partial charge in [-0.3, -0.25) is 10.1 Å². The molecule has 31 heavy (non-hydrogen) atoms. The van der Waals surface area contributed by atoms with Gasteiger partial charge in [-0.1, -0.05) is 54.1 Å². The van der Waals surface area contributed by atoms with Crippen LogP contribution in [0.3, 0.4) is 0 Å². The second-order valence-corrected chi connectivity index (χ2v) is 6.66. The number of carbonyl (C=O) groups is 3. The van der Waals surface area contributed by atoms with Gasteiger partial charge in [-0.2, -0.15) is 5.10 Å². The van der Waals surface area contributed by atoms with E-state index in [1.165, 1.54) is 6.08 Å². The van der Waals surface area contributed by atoms with Crippen LogP contribution in [0.1, 0.15) is 15.9 Å². The number of amides is 3. The molecule has 0 spiro atoms. The van der Waals surface area contributed by atoms with Crippen LogP contribution in [0, 0.1) is 6.92 Å². The van der Waals surface area contributed by atoms with Gasteiger partial charge in [-0.15, -0.1) is 6.58 Å². The zero-order valence-corrected chi connectivity index (χ0v) is 17.0. The highest BCUT2D eigenvalue weighted by molar-refractivity contribution is 5.99. The average molecular weight is 418 g/mol. The average Bonchev–Trinajstić information content (AvgIpc) is 3.23. The molecule has 0 fully saturated rings. The fraction of sp³-hybridized carbons (Fsp3) is 0.130. The molecule has 0 unspecified atom stereocenters. The van der Waals surface area contributed by atoms with Gasteiger partial charge in [0.05, 0.1) is 5.69 Å². The molecule has 0 saturated heterocycles. The number of para-hydroxylation sites is 1. The molecule has 2 N–H and O–H groups in total. The molecule has 0 atom stereocenters. The SMILES string of the molecule is C=CCNC(=O)NC(=O)COC(=O)c1cn(-c2ccccc2)nc1-c1ccc(C)cc1. The molecule has 3 amide bonds. The molecule has 158 valence electrons. The Morgan fingerprint density at radius 3 is 2.48 bits per heavy atom. The van der Waals surface area contributed by atoms with Crippen molar-refractivity contribution < 1.29 is 19.1 Å². The summed E-state index contributed by atoms with van der Waals surface area (Å²) in [5.41, 5.74) is 3.21. The van der Waals surface area contributed by atoms with Crippen LogP contribution < -0.4 is 10.6 Å². The summed E-state index contributed by atoms with van der Waals surface area (Å²) in [5.74, 6) is -1.47. The van der Waals surface area contributed by atoms with Gasteiger partial charge in [0, 0.05) is 18.3 Å². The van der Waals surface area contributed by atoms with Crippen LogP contribution in [0.5, 0.6) is 0 Å². The number of rotatable bonds is 7. The first kappa shape index (κ1) is 21.5. The van der Waals surface area contributed by atoms with Gasteiger partial charge < -0.3 is 10.1 Å². The van der Waals surface area contributed by atoms with E-state index in [4.69, 9.17) is 4.74 Å². The predicted molar refractivity (Wildman–Crippen MR) is 116 cm³/mol. The second-order valence-electron chi connectivity index (χ2n) is 6.66. The molecular weight excluding hydrogens is 396 g/mol. The minimum Gasteiger partial charge on any atom is -0.452 e. The lowest BCUT2D eigenvalue weighted by Crippen LogP contribution is -2.41. The van der Waals surface area contributed by atoms with E-state index in [0.717, 1.165) is 16.8 Å². The van der Waals surface area contributed by atoms with Crippen LogP contribution in [-0.2, 0) is 9.53 Å². The summed E-state index contributed by atoms with van der Waals surface area (Å²) in [7, 11) is 0. The highest BCUT2D eigenvalue weighted by Crippen LogP contribution is 2.25. The summed E-state index contributed by atoms with van der Waals surface area (Å²) in [4.78, 5) is 36.1. The molecule has 0 saturated carbocycles. The van der Waals surface area contributed by atoms with Gasteiger partial charge in [-0.05, 0) is 19.1 Å². The quantitative estimate of drug-likeness (QED) is 0.454. The minimum atomic E-state index is -0.748. The van der Waals surface area contributed by atoms with E-state index < -0.39 is 24.5 Å². The first-order valence-corrected chi connectivity index (χ1v) is 9.55. The number of hydrogen-bond donors (Lipinski definition) is 2. The van der Waals surface area contributed by atoms with Gasteiger partial charge >= 0.3 is 12.0 Å². The van der Waals surface area contributed by atoms with Crippen LogP contribution in [0.25, 0.3) is 16.9 Å². The summed E-state index contributed by atoms with van der Waals surface area (Å²) in [5, 5.41) is 9.02. The standard InChI is InChI=1S/C23H22N4O4/c1-3-13-24-23(30)25-20(28)15-31-22(29)19-14-27(18-7-5-4-6-8-18)26-21(19)17-11-9-16(2)10-12-17/h3-12,14H,1,13,15H2,2H3,(H2,24,25,28,30). The van der Waals surface area contributed by atoms with Gasteiger partial charge in [0.25, 0.3) is 5.91 Å². The number of nitrogens with zero attached hydrogens (tertiary/aromatic N) is 2. The highest BCUT2D eigenvalue weighted by atomic mass is 16.5. The minimum absolute atomic E-state index is 0.205. The lowest BCUT2D eigenvalue weighted by atomic mass is 10.1. The lowest BCUT2D eigenvalue weighted by Gasteiger charge is -2.06. The molecule has 0 aliphatic rings. The molecular formula is C23H22N4O4. The Morgan fingerprint density at radius 1 is 1.10 bits per heavy atom. The Kier molecular flexibility index (Phi) is 6.95. The lowest BCUT2D eigenvalue weighted by molar-refractivity contribution is -0.123. The maximum Gasteiger partial charge on any atom is 0.342 e. The summed E-state index contributed by atoms with van der Waals surface area (Å²) in [6.45, 7) is 5.02. The van der Waals surface area contributed by atoms with Crippen LogP contribution in [0.15, 0.2) is 73.4 Å². The first-order chi connectivity index (χ1) is 15.0. The number of urea groups is 1. The number of aryl methyl sites for hydroxylation is 1. The Morgan fingerprint density at radius 2 is 1.81 bits per heavy atom. The van der Waals surface area contributed by atoms with E-state index in [9.17, 15) is 14.4 Å². The van der Waals surface area contributed by atoms with Gasteiger partial charge in [-0.25, -0.2) is 14.3 Å². The number of hydrogen-bond acceptors (Lipinski definition) is 5. The fourth-order valence-electron chi connectivity index (χ4n) is 2.74. The third-order valence-corrected chi connectivity index (χ3v) is 4.27. The van der Waals surface area contributed by atoms with E-state index in [-0.39, 0.29) is 12.1 Å². The molecule has 0 aliphatic heterocycles. The Hall–Kier alpha value is -4.20. The van der Waals surface area contributed by atoms with E-state index in [0.29, 0.717) is 5.69 Å². The Balaban J connectivity index is 1.80. The predicted octanol–water partition coefficient (Wildman–Crippen LogP) is 3.02. The second kappa shape index (κ2) is 10.0. The number of imide groups is 1. The zero-order chi connectivity index (χ0) is 22.2. The van der Waals surface area contributed by atoms with Crippen LogP contribution in [0.2, 0.25) is 0 Å². The van der Waals surface area contributed by atoms with Gasteiger partial charge in [0.1, 0.15) is 11.3 Å². The highest BCUT2D eigenvalue weighted by Gasteiger charge is 2.21. The van der Waals surface area contributed by atoms with E-state index in [1.807, 2.05) is 61.5 Å². The molecule has 3 rings (SSSR count). The summed E-state index contributed by atoms with van der Waals surface area (Å²) < 4.78 is 6.70. The molecule has 0 radical (unpaired) electrons. The van der Waals surface area contributed by atoms with Gasteiger partial charge in [0.15, 0.2) is 6.61 Å². The monoisotopic (exact) mass is 418 g/mol. The third kappa shape index (κ3) is 5.66. The molecule has 1 heterocycles. The van der Waals surface area contributed by atoms with Crippen LogP contribution in [-0.4, -0.2) is 40.8 Å². The Bertz CT molecular complexity index is 1090. The number of aromatic nitrogens is 2. The van der Waals surface area contributed by atoms with Crippen LogP contribution in [0.4, 0.5) is 4.79 Å². The van der Waals surface area contributed by atoms with Crippen molar-refractivity contribution >= 4 is 17.9 Å². The number of carbonyl (C=O) groups excluding carboxylic acids is 3. The van der Waals surface area contributed by atoms with E-state index >= 15 is 0 Å². The molecule has 0 aliphatic carbocycles. The number of benzene rings is 2. The molecule has 0 bridgehead atoms. The molecule has 2 aromatic carbocycles. The van der Waals surface area contributed by atoms with Crippen molar-refractivity contribution in [3.8, 4) is 16.9 Å². The largest absolute Gasteiger partial charge is 0.452 e. The summed E-state index contributed by atoms with van der Waals surface area (Å²) in [6.07, 6.45) is 3.03. The van der Waals surface area contributed by atoms with Crippen molar-refractivity contribution in [2.75, 3.05) is 13.2 Å². The van der Waals surface area contributed by atoms with Crippen LogP contribution >= 0.6 is 0 Å². The Labute approximate surface area is 179 Å². The maximum absolute atomic E-state index is 12.7. The van der Waals surface area contributed by atoms with Crippen molar-refractivity contribution in [2.45, 2.75) is 6.92 Å².